The Morgan fingerprint density at radius 2 is 1.74 bits per heavy atom. The van der Waals surface area contributed by atoms with E-state index in [1.807, 2.05) is 74.4 Å². The molecule has 3 aliphatic rings. The lowest BCUT2D eigenvalue weighted by Crippen LogP contribution is -2.51. The lowest BCUT2D eigenvalue weighted by Gasteiger charge is -2.36. The van der Waals surface area contributed by atoms with Crippen molar-refractivity contribution in [1.29, 1.82) is 0 Å². The monoisotopic (exact) mass is 677 g/mol. The van der Waals surface area contributed by atoms with Crippen molar-refractivity contribution in [2.24, 2.45) is 41.4 Å². The molecule has 248 valence electrons. The van der Waals surface area contributed by atoms with Gasteiger partial charge in [0.25, 0.3) is 0 Å². The highest BCUT2D eigenvalue weighted by atomic mass is 32.1. The fraction of sp³-hybridized carbons (Fsp3) is 0.379. The van der Waals surface area contributed by atoms with Crippen LogP contribution in [0.25, 0.3) is 0 Å². The quantitative estimate of drug-likeness (QED) is 0.237. The van der Waals surface area contributed by atoms with Crippen LogP contribution in [0.4, 0.5) is 15.9 Å². The highest BCUT2D eigenvalue weighted by Crippen LogP contribution is 2.28. The highest BCUT2D eigenvalue weighted by molar-refractivity contribution is 7.14. The van der Waals surface area contributed by atoms with Crippen LogP contribution in [0.5, 0.6) is 0 Å². The van der Waals surface area contributed by atoms with Crippen LogP contribution in [0.2, 0.25) is 0 Å². The molecule has 6 heterocycles. The van der Waals surface area contributed by atoms with Crippen molar-refractivity contribution in [3.8, 4) is 0 Å². The molecule has 0 spiro atoms. The van der Waals surface area contributed by atoms with E-state index in [1.54, 1.807) is 28.9 Å². The summed E-state index contributed by atoms with van der Waals surface area (Å²) >= 11 is 3.20. The average Bonchev–Trinajstić information content (AvgIpc) is 3.82. The van der Waals surface area contributed by atoms with Gasteiger partial charge in [0, 0.05) is 46.7 Å². The fourth-order valence-electron chi connectivity index (χ4n) is 5.25. The van der Waals surface area contributed by atoms with E-state index in [1.165, 1.54) is 0 Å². The minimum absolute atomic E-state index is 0.246. The molecule has 0 fully saturated rings. The maximum absolute atomic E-state index is 6.13. The van der Waals surface area contributed by atoms with Gasteiger partial charge in [0.1, 0.15) is 18.5 Å². The summed E-state index contributed by atoms with van der Waals surface area (Å²) in [5.41, 5.74) is 13.4. The minimum Gasteiger partial charge on any atom is -0.448 e. The highest BCUT2D eigenvalue weighted by Gasteiger charge is 2.28. The van der Waals surface area contributed by atoms with Gasteiger partial charge in [0.05, 0.1) is 16.3 Å². The van der Waals surface area contributed by atoms with E-state index < -0.39 is 6.17 Å². The van der Waals surface area contributed by atoms with Gasteiger partial charge in [-0.2, -0.15) is 0 Å². The molecule has 3 aromatic rings. The summed E-state index contributed by atoms with van der Waals surface area (Å²) in [6.45, 7) is 5.03. The average molecular weight is 678 g/mol. The fourth-order valence-corrected chi connectivity index (χ4v) is 6.81. The largest absolute Gasteiger partial charge is 0.448 e. The molecule has 0 amide bonds. The lowest BCUT2D eigenvalue weighted by atomic mass is 10.3. The van der Waals surface area contributed by atoms with E-state index in [0.717, 1.165) is 27.5 Å². The molecule has 3 aromatic heterocycles. The van der Waals surface area contributed by atoms with Crippen molar-refractivity contribution in [3.63, 3.8) is 0 Å². The van der Waals surface area contributed by atoms with Crippen molar-refractivity contribution in [2.45, 2.75) is 45.3 Å². The van der Waals surface area contributed by atoms with Gasteiger partial charge in [-0.25, -0.2) is 30.0 Å². The molecule has 16 nitrogen and oxygen atoms in total. The second-order valence-corrected chi connectivity index (χ2v) is 12.9. The summed E-state index contributed by atoms with van der Waals surface area (Å²) in [5, 5.41) is 15.5. The van der Waals surface area contributed by atoms with Crippen LogP contribution < -0.4 is 37.2 Å². The Kier molecular flexibility index (Phi) is 9.30. The molecule has 18 heteroatoms. The summed E-state index contributed by atoms with van der Waals surface area (Å²) in [6.07, 6.45) is 1.27. The molecular formula is C29H39N15OS2. The number of aliphatic imine (C=N–C) groups is 6. The zero-order valence-electron chi connectivity index (χ0n) is 26.8. The number of guanidine groups is 6. The molecule has 47 heavy (non-hydrogen) atoms. The Morgan fingerprint density at radius 1 is 0.957 bits per heavy atom. The van der Waals surface area contributed by atoms with Crippen molar-refractivity contribution < 1.29 is 4.42 Å². The van der Waals surface area contributed by atoms with Gasteiger partial charge < -0.3 is 31.0 Å². The summed E-state index contributed by atoms with van der Waals surface area (Å²) in [7, 11) is 5.91. The number of anilines is 3. The predicted octanol–water partition coefficient (Wildman–Crippen LogP) is 2.50. The van der Waals surface area contributed by atoms with Gasteiger partial charge in [0.2, 0.25) is 29.7 Å². The van der Waals surface area contributed by atoms with E-state index in [4.69, 9.17) is 35.9 Å². The summed E-state index contributed by atoms with van der Waals surface area (Å²) in [4.78, 5) is 36.0. The molecule has 6 rings (SSSR count). The maximum Gasteiger partial charge on any atom is 0.212 e. The van der Waals surface area contributed by atoms with Crippen LogP contribution in [0, 0.1) is 0 Å². The smallest absolute Gasteiger partial charge is 0.212 e. The zero-order chi connectivity index (χ0) is 33.1. The predicted molar refractivity (Wildman–Crippen MR) is 193 cm³/mol. The van der Waals surface area contributed by atoms with E-state index in [0.29, 0.717) is 49.2 Å². The molecule has 0 saturated heterocycles. The number of rotatable bonds is 8. The number of nitrogens with one attached hydrogen (secondary N) is 3. The Hall–Kier alpha value is -5.10. The topological polar surface area (TPSA) is 188 Å². The van der Waals surface area contributed by atoms with Crippen LogP contribution in [0.1, 0.15) is 25.8 Å². The zero-order valence-corrected chi connectivity index (χ0v) is 28.5. The summed E-state index contributed by atoms with van der Waals surface area (Å²) < 4.78 is 5.61. The molecule has 3 unspecified atom stereocenters. The summed E-state index contributed by atoms with van der Waals surface area (Å²) in [5.74, 6) is 4.05. The SMILES string of the molecule is CC1N=C(N(C)Cc2csc(N(CCC3N=C(N)NC(Nc4cccs4)=N3)C3=NC(C)N=C(N)N3)c2)N(C)C(N(C)c2ccco2)=N1. The number of nitrogens with zero attached hydrogens (tertiary/aromatic N) is 10. The molecular weight excluding hydrogens is 639 g/mol. The molecule has 0 bridgehead atoms. The van der Waals surface area contributed by atoms with Gasteiger partial charge in [-0.1, -0.05) is 0 Å². The molecule has 0 radical (unpaired) electrons. The van der Waals surface area contributed by atoms with Crippen LogP contribution in [-0.2, 0) is 6.54 Å². The molecule has 0 aromatic carbocycles. The Morgan fingerprint density at radius 3 is 2.49 bits per heavy atom. The van der Waals surface area contributed by atoms with Crippen molar-refractivity contribution >= 4 is 74.3 Å². The Bertz CT molecular complexity index is 1720. The van der Waals surface area contributed by atoms with Crippen molar-refractivity contribution in [3.05, 3.63) is 52.9 Å². The van der Waals surface area contributed by atoms with Gasteiger partial charge in [-0.15, -0.1) is 22.7 Å². The minimum atomic E-state index is -0.392. The molecule has 3 atom stereocenters. The first kappa shape index (κ1) is 31.9. The third kappa shape index (κ3) is 7.49. The molecule has 0 saturated carbocycles. The van der Waals surface area contributed by atoms with Crippen molar-refractivity contribution in [2.75, 3.05) is 42.8 Å². The van der Waals surface area contributed by atoms with Gasteiger partial charge >= 0.3 is 0 Å². The second kappa shape index (κ2) is 13.7. The normalized spacial score (nSPS) is 20.9. The van der Waals surface area contributed by atoms with Gasteiger partial charge in [-0.3, -0.25) is 20.4 Å². The second-order valence-electron chi connectivity index (χ2n) is 11.1. The summed E-state index contributed by atoms with van der Waals surface area (Å²) in [6, 6.07) is 9.86. The number of hydrogen-bond donors (Lipinski definition) is 5. The molecule has 0 aliphatic carbocycles. The van der Waals surface area contributed by atoms with Crippen LogP contribution in [0.15, 0.2) is 81.7 Å². The number of thiophene rings is 2. The van der Waals surface area contributed by atoms with Gasteiger partial charge in [0.15, 0.2) is 11.9 Å². The van der Waals surface area contributed by atoms with Crippen LogP contribution in [-0.4, -0.2) is 91.7 Å². The van der Waals surface area contributed by atoms with E-state index in [2.05, 4.69) is 47.2 Å². The Labute approximate surface area is 281 Å². The maximum atomic E-state index is 6.13. The van der Waals surface area contributed by atoms with Crippen molar-refractivity contribution in [1.82, 2.24) is 20.4 Å². The number of hydrogen-bond acceptors (Lipinski definition) is 18. The standard InChI is InChI=1S/C29H39N15OS2/c1-17-32-24(30)40-27(33-17)44(11-10-20-36-25(31)39-26(37-20)38-21-8-7-13-46-21)23-14-19(16-47-23)15-41(3)28-34-18(2)35-29(43(28)5)42(4)22-9-6-12-45-22/h6-9,12-14,16-18,20H,10-11,15H2,1-5H3,(H3,30,32,33,40)(H4,31,36,37,38,39). The third-order valence-electron chi connectivity index (χ3n) is 7.33. The van der Waals surface area contributed by atoms with Gasteiger partial charge in [-0.05, 0) is 54.4 Å². The molecule has 7 N–H and O–H groups in total. The first-order valence-electron chi connectivity index (χ1n) is 15.0. The van der Waals surface area contributed by atoms with E-state index >= 15 is 0 Å². The number of nitrogens with two attached hydrogens (primary N) is 2. The van der Waals surface area contributed by atoms with E-state index in [9.17, 15) is 0 Å². The number of furan rings is 1. The van der Waals surface area contributed by atoms with Crippen LogP contribution >= 0.6 is 22.7 Å². The Balaban J connectivity index is 1.18. The first-order chi connectivity index (χ1) is 22.6. The van der Waals surface area contributed by atoms with E-state index in [-0.39, 0.29) is 12.3 Å². The first-order valence-corrected chi connectivity index (χ1v) is 16.8. The lowest BCUT2D eigenvalue weighted by molar-refractivity contribution is 0.429. The third-order valence-corrected chi connectivity index (χ3v) is 9.11. The van der Waals surface area contributed by atoms with Crippen LogP contribution in [0.3, 0.4) is 0 Å². The molecule has 3 aliphatic heterocycles.